The molecule has 1 heterocycles. The number of carbonyl (C=O) groups is 4. The number of nitrogens with two attached hydrogens (primary N) is 1. The summed E-state index contributed by atoms with van der Waals surface area (Å²) in [5.41, 5.74) is 6.78. The first-order chi connectivity index (χ1) is 29.7. The van der Waals surface area contributed by atoms with Gasteiger partial charge < -0.3 is 63.0 Å². The number of rotatable bonds is 29. The van der Waals surface area contributed by atoms with Crippen molar-refractivity contribution in [2.24, 2.45) is 38.2 Å². The maximum Gasteiger partial charge on any atom is 0.313 e. The van der Waals surface area contributed by atoms with Crippen molar-refractivity contribution in [3.63, 3.8) is 0 Å². The molecule has 20 heteroatoms. The minimum atomic E-state index is -0.897. The van der Waals surface area contributed by atoms with Crippen LogP contribution in [0.25, 0.3) is 0 Å². The van der Waals surface area contributed by atoms with Crippen LogP contribution in [0.2, 0.25) is 0 Å². The van der Waals surface area contributed by atoms with Gasteiger partial charge in [0.25, 0.3) is 0 Å². The molecule has 0 radical (unpaired) electrons. The minimum absolute atomic E-state index is 0.00786. The average molecular weight is 915 g/mol. The van der Waals surface area contributed by atoms with Crippen LogP contribution in [0.1, 0.15) is 160 Å². The molecule has 64 heavy (non-hydrogen) atoms. The second kappa shape index (κ2) is 32.4. The number of esters is 2. The second-order valence-corrected chi connectivity index (χ2v) is 18.5. The normalized spacial score (nSPS) is 15.6. The number of hydrogen-bond donors (Lipinski definition) is 11. The third-order valence-corrected chi connectivity index (χ3v) is 11.9. The van der Waals surface area contributed by atoms with Crippen LogP contribution in [0.4, 0.5) is 0 Å². The summed E-state index contributed by atoms with van der Waals surface area (Å²) >= 11 is 0. The molecule has 12 N–H and O–H groups in total. The Hall–Kier alpha value is -4.24. The Balaban J connectivity index is 0. The Morgan fingerprint density at radius 2 is 0.891 bits per heavy atom. The van der Waals surface area contributed by atoms with Gasteiger partial charge in [-0.15, -0.1) is 0 Å². The van der Waals surface area contributed by atoms with E-state index in [4.69, 9.17) is 31.7 Å². The largest absolute Gasteiger partial charge is 0.481 e. The Kier molecular flexibility index (Phi) is 31.3. The predicted molar refractivity (Wildman–Crippen MR) is 251 cm³/mol. The van der Waals surface area contributed by atoms with Gasteiger partial charge in [0, 0.05) is 32.2 Å². The molecule has 20 nitrogen and oxygen atoms in total. The van der Waals surface area contributed by atoms with Gasteiger partial charge in [-0.1, -0.05) is 20.6 Å². The molecule has 0 aliphatic carbocycles. The monoisotopic (exact) mass is 915 g/mol. The van der Waals surface area contributed by atoms with Gasteiger partial charge in [0.15, 0.2) is 0 Å². The van der Waals surface area contributed by atoms with Crippen molar-refractivity contribution in [1.29, 1.82) is 0 Å². The Labute approximate surface area is 382 Å². The molecule has 1 aliphatic heterocycles. The van der Waals surface area contributed by atoms with Gasteiger partial charge in [-0.2, -0.15) is 0 Å². The van der Waals surface area contributed by atoms with Gasteiger partial charge in [-0.25, -0.2) is 0 Å². The molecule has 1 saturated heterocycles. The summed E-state index contributed by atoms with van der Waals surface area (Å²) in [6.45, 7) is 27.3. The van der Waals surface area contributed by atoms with Gasteiger partial charge in [0.1, 0.15) is 0 Å². The zero-order chi connectivity index (χ0) is 49.6. The number of ether oxygens (including phenoxy) is 1. The van der Waals surface area contributed by atoms with Crippen molar-refractivity contribution in [3.05, 3.63) is 0 Å². The van der Waals surface area contributed by atoms with E-state index in [2.05, 4.69) is 51.9 Å². The third kappa shape index (κ3) is 28.5. The molecule has 0 saturated carbocycles. The van der Waals surface area contributed by atoms with E-state index in [1.807, 2.05) is 55.4 Å². The number of amides is 1. The number of oxime groups is 4. The molecular weight excluding hydrogens is 829 g/mol. The van der Waals surface area contributed by atoms with E-state index < -0.39 is 17.0 Å². The number of cyclic esters (lactones) is 2. The van der Waals surface area contributed by atoms with E-state index >= 15 is 0 Å². The van der Waals surface area contributed by atoms with Gasteiger partial charge in [0.05, 0.1) is 45.0 Å². The topological polar surface area (TPSA) is 314 Å². The maximum absolute atomic E-state index is 11.9. The highest BCUT2D eigenvalue weighted by Crippen LogP contribution is 2.17. The number of carbonyl (C=O) groups excluding carboxylic acids is 3. The summed E-state index contributed by atoms with van der Waals surface area (Å²) in [4.78, 5) is 42.9. The first-order valence-corrected chi connectivity index (χ1v) is 22.4. The summed E-state index contributed by atoms with van der Waals surface area (Å²) < 4.78 is 4.21. The lowest BCUT2D eigenvalue weighted by Crippen LogP contribution is -2.47. The summed E-state index contributed by atoms with van der Waals surface area (Å²) in [5.74, 6) is -0.972. The van der Waals surface area contributed by atoms with Crippen LogP contribution in [0, 0.1) is 11.8 Å². The van der Waals surface area contributed by atoms with Gasteiger partial charge in [0.2, 0.25) is 5.91 Å². The van der Waals surface area contributed by atoms with E-state index in [1.165, 1.54) is 0 Å². The molecule has 1 aliphatic rings. The van der Waals surface area contributed by atoms with E-state index in [9.17, 15) is 19.2 Å². The third-order valence-electron chi connectivity index (χ3n) is 11.9. The van der Waals surface area contributed by atoms with Crippen LogP contribution < -0.4 is 32.3 Å². The van der Waals surface area contributed by atoms with Crippen molar-refractivity contribution in [1.82, 2.24) is 26.6 Å². The van der Waals surface area contributed by atoms with Gasteiger partial charge in [-0.3, -0.25) is 19.2 Å². The maximum atomic E-state index is 11.9. The summed E-state index contributed by atoms with van der Waals surface area (Å²) in [6.07, 6.45) is 7.49. The van der Waals surface area contributed by atoms with E-state index in [1.54, 1.807) is 27.7 Å². The molecule has 0 aromatic rings. The molecule has 0 aromatic heterocycles. The number of nitrogens with zero attached hydrogens (tertiary/aromatic N) is 4. The van der Waals surface area contributed by atoms with Gasteiger partial charge in [-0.05, 0) is 179 Å². The molecule has 0 unspecified atom stereocenters. The van der Waals surface area contributed by atoms with E-state index in [-0.39, 0.29) is 41.8 Å². The molecule has 1 amide bonds. The van der Waals surface area contributed by atoms with Crippen molar-refractivity contribution >= 4 is 46.7 Å². The zero-order valence-corrected chi connectivity index (χ0v) is 41.0. The molecule has 1 fully saturated rings. The van der Waals surface area contributed by atoms with Crippen LogP contribution >= 0.6 is 0 Å². The van der Waals surface area contributed by atoms with E-state index in [0.717, 1.165) is 64.7 Å². The summed E-state index contributed by atoms with van der Waals surface area (Å²) in [5, 5.41) is 74.3. The number of nitrogens with one attached hydrogen (secondary N) is 5. The highest BCUT2D eigenvalue weighted by Gasteiger charge is 2.25. The fourth-order valence-electron chi connectivity index (χ4n) is 5.98. The standard InChI is InChI=1S/C22H43N5O5.C17H37N5O2.C5H6O3/c1-16(26-31)21(3,4)24-14-11-18(12-15-25-22(5,6)17(2)27-32)10-13-23-19(28)8-7-9-20(29)30;1-13(21-23)16(3,4)19-11-8-15(7-10-18)9-12-20-17(5,6)14(2)22-24;6-4-2-1-3-5(7)8-4/h18,24-25,31-32H,7-15H2,1-6H3,(H,23,28)(H,29,30);15,19-20,23-24H,7-12,18H2,1-6H3;1-3H2/b26-16-,27-17-;21-13-,22-14-;. The Bertz CT molecular complexity index is 1430. The van der Waals surface area contributed by atoms with Crippen molar-refractivity contribution in [2.45, 2.75) is 182 Å². The molecule has 1 rings (SSSR count). The van der Waals surface area contributed by atoms with Crippen molar-refractivity contribution in [2.75, 3.05) is 39.3 Å². The summed E-state index contributed by atoms with van der Waals surface area (Å²) in [6, 6.07) is 0. The van der Waals surface area contributed by atoms with Gasteiger partial charge >= 0.3 is 17.9 Å². The highest BCUT2D eigenvalue weighted by atomic mass is 16.6. The number of carboxylic acids is 1. The lowest BCUT2D eigenvalue weighted by molar-refractivity contribution is -0.163. The molecule has 0 spiro atoms. The Morgan fingerprint density at radius 1 is 0.578 bits per heavy atom. The fourth-order valence-corrected chi connectivity index (χ4v) is 5.98. The first-order valence-electron chi connectivity index (χ1n) is 22.4. The van der Waals surface area contributed by atoms with E-state index in [0.29, 0.717) is 73.5 Å². The minimum Gasteiger partial charge on any atom is -0.481 e. The SMILES string of the molecule is C/C(=N/O)C(C)(C)NCCC(CCN)CCNC(C)(C)/C(C)=N\O.C/C(=N/O)C(C)(C)NCCC(CCNC(=O)CCCC(=O)O)CCNC(C)(C)/C(C)=N\O.O=C1CCCC(=O)O1. The van der Waals surface area contributed by atoms with Crippen LogP contribution in [-0.4, -0.2) is 134 Å². The van der Waals surface area contributed by atoms with Crippen LogP contribution in [0.5, 0.6) is 0 Å². The molecule has 0 aromatic carbocycles. The second-order valence-electron chi connectivity index (χ2n) is 18.5. The van der Waals surface area contributed by atoms with Crippen molar-refractivity contribution in [3.8, 4) is 0 Å². The molecule has 0 bridgehead atoms. The fraction of sp³-hybridized carbons (Fsp3) is 0.818. The van der Waals surface area contributed by atoms with Crippen molar-refractivity contribution < 1.29 is 49.9 Å². The predicted octanol–water partition coefficient (Wildman–Crippen LogP) is 4.99. The van der Waals surface area contributed by atoms with Crippen LogP contribution in [-0.2, 0) is 23.9 Å². The molecule has 0 atom stereocenters. The summed E-state index contributed by atoms with van der Waals surface area (Å²) in [7, 11) is 0. The number of carboxylic acid groups (broad SMARTS) is 1. The molecular formula is C44H86N10O10. The van der Waals surface area contributed by atoms with Crippen LogP contribution in [0.3, 0.4) is 0 Å². The highest BCUT2D eigenvalue weighted by molar-refractivity contribution is 5.91. The molecule has 372 valence electrons. The number of aliphatic carboxylic acids is 1. The quantitative estimate of drug-likeness (QED) is 0.0155. The number of hydrogen-bond acceptors (Lipinski definition) is 18. The Morgan fingerprint density at radius 3 is 1.16 bits per heavy atom. The smallest absolute Gasteiger partial charge is 0.313 e. The first kappa shape index (κ1) is 61.8. The average Bonchev–Trinajstić information content (AvgIpc) is 3.22. The lowest BCUT2D eigenvalue weighted by Gasteiger charge is -2.28. The lowest BCUT2D eigenvalue weighted by atomic mass is 9.94. The van der Waals surface area contributed by atoms with Crippen LogP contribution in [0.15, 0.2) is 20.6 Å². The zero-order valence-electron chi connectivity index (χ0n) is 41.0.